The lowest BCUT2D eigenvalue weighted by Gasteiger charge is -2.18. The van der Waals surface area contributed by atoms with E-state index in [0.717, 1.165) is 32.0 Å². The highest BCUT2D eigenvalue weighted by Gasteiger charge is 2.15. The lowest BCUT2D eigenvalue weighted by Crippen LogP contribution is -2.07. The quantitative estimate of drug-likeness (QED) is 0.479. The molecule has 0 atom stereocenters. The van der Waals surface area contributed by atoms with Gasteiger partial charge in [0.1, 0.15) is 10.6 Å². The number of aromatic nitrogens is 2. The molecule has 4 rings (SSSR count). The van der Waals surface area contributed by atoms with Gasteiger partial charge in [-0.2, -0.15) is 0 Å². The number of nitrogens with zero attached hydrogens (tertiary/aromatic N) is 3. The zero-order valence-electron chi connectivity index (χ0n) is 14.5. The molecule has 0 fully saturated rings. The van der Waals surface area contributed by atoms with Crippen LogP contribution in [0.5, 0.6) is 0 Å². The predicted molar refractivity (Wildman–Crippen MR) is 115 cm³/mol. The number of para-hydroxylation sites is 1. The fraction of sp³-hybridized carbons (Fsp3) is 0.0476. The van der Waals surface area contributed by atoms with E-state index >= 15 is 0 Å². The second-order valence-electron chi connectivity index (χ2n) is 5.97. The van der Waals surface area contributed by atoms with Crippen molar-refractivity contribution in [2.45, 2.75) is 0 Å². The smallest absolute Gasteiger partial charge is 0.163 e. The van der Waals surface area contributed by atoms with Crippen molar-refractivity contribution in [3.8, 4) is 23.7 Å². The van der Waals surface area contributed by atoms with Gasteiger partial charge in [-0.15, -0.1) is 6.42 Å². The number of hydrogen-bond donors (Lipinski definition) is 1. The second kappa shape index (κ2) is 6.92. The normalized spacial score (nSPS) is 10.7. The number of anilines is 3. The van der Waals surface area contributed by atoms with Crippen LogP contribution in [0.4, 0.5) is 16.5 Å². The molecule has 2 heterocycles. The molecule has 0 radical (unpaired) electrons. The Morgan fingerprint density at radius 3 is 2.70 bits per heavy atom. The van der Waals surface area contributed by atoms with E-state index in [4.69, 9.17) is 28.7 Å². The molecule has 0 bridgehead atoms. The summed E-state index contributed by atoms with van der Waals surface area (Å²) in [6.45, 7) is 0. The van der Waals surface area contributed by atoms with Gasteiger partial charge in [-0.05, 0) is 30.3 Å². The third-order valence-electron chi connectivity index (χ3n) is 4.24. The monoisotopic (exact) mass is 390 g/mol. The standard InChI is InChI=1S/C21H15ClN4S/c1-3-13-7-6-8-14(11-13)20-24-19(23)15-12-18(27-21(15)25-20)26(2)17-10-5-4-9-16(17)22/h1,4-12H,2H3,(H2,23,24,25). The number of thiophene rings is 1. The second-order valence-corrected chi connectivity index (χ2v) is 7.39. The Labute approximate surface area is 166 Å². The van der Waals surface area contributed by atoms with Gasteiger partial charge in [0, 0.05) is 18.2 Å². The molecule has 0 aliphatic carbocycles. The van der Waals surface area contributed by atoms with E-state index in [1.165, 1.54) is 11.3 Å². The van der Waals surface area contributed by atoms with Crippen LogP contribution in [-0.4, -0.2) is 17.0 Å². The summed E-state index contributed by atoms with van der Waals surface area (Å²) in [6, 6.07) is 17.2. The summed E-state index contributed by atoms with van der Waals surface area (Å²) in [5.74, 6) is 3.63. The highest BCUT2D eigenvalue weighted by molar-refractivity contribution is 7.22. The number of hydrogen-bond acceptors (Lipinski definition) is 5. The molecule has 4 aromatic rings. The zero-order chi connectivity index (χ0) is 19.0. The Hall–Kier alpha value is -3.07. The number of nitrogens with two attached hydrogens (primary N) is 1. The molecular weight excluding hydrogens is 376 g/mol. The highest BCUT2D eigenvalue weighted by Crippen LogP contribution is 2.39. The molecule has 0 saturated carbocycles. The largest absolute Gasteiger partial charge is 0.383 e. The van der Waals surface area contributed by atoms with Crippen molar-refractivity contribution in [2.75, 3.05) is 17.7 Å². The average Bonchev–Trinajstić information content (AvgIpc) is 3.13. The summed E-state index contributed by atoms with van der Waals surface area (Å²) in [7, 11) is 1.97. The first-order chi connectivity index (χ1) is 13.1. The first-order valence-corrected chi connectivity index (χ1v) is 9.38. The third-order valence-corrected chi connectivity index (χ3v) is 5.67. The van der Waals surface area contributed by atoms with E-state index in [1.54, 1.807) is 0 Å². The fourth-order valence-electron chi connectivity index (χ4n) is 2.82. The molecule has 0 unspecified atom stereocenters. The molecule has 4 nitrogen and oxygen atoms in total. The number of benzene rings is 2. The van der Waals surface area contributed by atoms with Crippen molar-refractivity contribution in [1.82, 2.24) is 9.97 Å². The number of nitrogen functional groups attached to an aromatic ring is 1. The molecular formula is C21H15ClN4S. The van der Waals surface area contributed by atoms with Crippen molar-refractivity contribution in [1.29, 1.82) is 0 Å². The summed E-state index contributed by atoms with van der Waals surface area (Å²) in [4.78, 5) is 12.0. The minimum atomic E-state index is 0.441. The summed E-state index contributed by atoms with van der Waals surface area (Å²) < 4.78 is 0. The van der Waals surface area contributed by atoms with Gasteiger partial charge in [-0.25, -0.2) is 9.97 Å². The van der Waals surface area contributed by atoms with Crippen LogP contribution in [0.2, 0.25) is 5.02 Å². The number of rotatable bonds is 3. The van der Waals surface area contributed by atoms with Crippen molar-refractivity contribution in [2.24, 2.45) is 0 Å². The number of halogens is 1. The van der Waals surface area contributed by atoms with Gasteiger partial charge in [-0.3, -0.25) is 0 Å². The van der Waals surface area contributed by atoms with Crippen LogP contribution in [0, 0.1) is 12.3 Å². The van der Waals surface area contributed by atoms with E-state index in [9.17, 15) is 0 Å². The molecule has 0 spiro atoms. The molecule has 0 saturated heterocycles. The van der Waals surface area contributed by atoms with Crippen molar-refractivity contribution >= 4 is 49.7 Å². The lowest BCUT2D eigenvalue weighted by atomic mass is 10.1. The Bertz CT molecular complexity index is 1190. The van der Waals surface area contributed by atoms with Crippen LogP contribution < -0.4 is 10.6 Å². The Kier molecular flexibility index (Phi) is 4.44. The molecule has 0 aliphatic rings. The minimum absolute atomic E-state index is 0.441. The molecule has 2 aromatic carbocycles. The van der Waals surface area contributed by atoms with Crippen LogP contribution in [0.15, 0.2) is 54.6 Å². The number of fused-ring (bicyclic) bond motifs is 1. The third kappa shape index (κ3) is 3.21. The maximum absolute atomic E-state index is 6.33. The van der Waals surface area contributed by atoms with Gasteiger partial charge in [0.15, 0.2) is 5.82 Å². The van der Waals surface area contributed by atoms with Crippen LogP contribution in [0.25, 0.3) is 21.6 Å². The van der Waals surface area contributed by atoms with Gasteiger partial charge in [0.25, 0.3) is 0 Å². The van der Waals surface area contributed by atoms with Gasteiger partial charge in [0.05, 0.1) is 21.1 Å². The molecule has 27 heavy (non-hydrogen) atoms. The van der Waals surface area contributed by atoms with Gasteiger partial charge in [0.2, 0.25) is 0 Å². The topological polar surface area (TPSA) is 55.0 Å². The van der Waals surface area contributed by atoms with Crippen LogP contribution in [0.1, 0.15) is 5.56 Å². The minimum Gasteiger partial charge on any atom is -0.383 e. The molecule has 6 heteroatoms. The molecule has 132 valence electrons. The van der Waals surface area contributed by atoms with E-state index in [-0.39, 0.29) is 0 Å². The summed E-state index contributed by atoms with van der Waals surface area (Å²) in [6.07, 6.45) is 5.49. The van der Waals surface area contributed by atoms with Crippen LogP contribution in [0.3, 0.4) is 0 Å². The zero-order valence-corrected chi connectivity index (χ0v) is 16.1. The maximum Gasteiger partial charge on any atom is 0.163 e. The summed E-state index contributed by atoms with van der Waals surface area (Å²) in [5.41, 5.74) is 8.75. The van der Waals surface area contributed by atoms with Crippen molar-refractivity contribution in [3.63, 3.8) is 0 Å². The summed E-state index contributed by atoms with van der Waals surface area (Å²) in [5, 5.41) is 2.49. The molecule has 0 aliphatic heterocycles. The van der Waals surface area contributed by atoms with E-state index in [2.05, 4.69) is 10.9 Å². The highest BCUT2D eigenvalue weighted by atomic mass is 35.5. The molecule has 2 aromatic heterocycles. The van der Waals surface area contributed by atoms with E-state index in [1.807, 2.05) is 66.5 Å². The Morgan fingerprint density at radius 2 is 1.93 bits per heavy atom. The first-order valence-electron chi connectivity index (χ1n) is 8.19. The molecule has 2 N–H and O–H groups in total. The Balaban J connectivity index is 1.80. The SMILES string of the molecule is C#Cc1cccc(-c2nc(N)c3cc(N(C)c4ccccc4Cl)sc3n2)c1. The number of terminal acetylenes is 1. The van der Waals surface area contributed by atoms with Gasteiger partial charge in [-0.1, -0.05) is 53.1 Å². The van der Waals surface area contributed by atoms with Gasteiger partial charge >= 0.3 is 0 Å². The average molecular weight is 391 g/mol. The fourth-order valence-corrected chi connectivity index (χ4v) is 4.09. The molecule has 0 amide bonds. The lowest BCUT2D eigenvalue weighted by molar-refractivity contribution is 1.24. The van der Waals surface area contributed by atoms with Crippen molar-refractivity contribution in [3.05, 3.63) is 65.2 Å². The van der Waals surface area contributed by atoms with Crippen LogP contribution in [-0.2, 0) is 0 Å². The summed E-state index contributed by atoms with van der Waals surface area (Å²) >= 11 is 7.86. The first kappa shape index (κ1) is 17.3. The van der Waals surface area contributed by atoms with Gasteiger partial charge < -0.3 is 10.6 Å². The van der Waals surface area contributed by atoms with E-state index < -0.39 is 0 Å². The van der Waals surface area contributed by atoms with Crippen molar-refractivity contribution < 1.29 is 0 Å². The van der Waals surface area contributed by atoms with Crippen LogP contribution >= 0.6 is 22.9 Å². The van der Waals surface area contributed by atoms with E-state index in [0.29, 0.717) is 16.7 Å². The Morgan fingerprint density at radius 1 is 1.11 bits per heavy atom. The maximum atomic E-state index is 6.33. The predicted octanol–water partition coefficient (Wildman–Crippen LogP) is 5.34.